The summed E-state index contributed by atoms with van der Waals surface area (Å²) in [5.74, 6) is -0.833. The Bertz CT molecular complexity index is 539. The van der Waals surface area contributed by atoms with Crippen LogP contribution in [0.25, 0.3) is 0 Å². The summed E-state index contributed by atoms with van der Waals surface area (Å²) in [6.45, 7) is 4.07. The van der Waals surface area contributed by atoms with Gasteiger partial charge in [0.1, 0.15) is 6.54 Å². The van der Waals surface area contributed by atoms with Gasteiger partial charge < -0.3 is 14.9 Å². The normalized spacial score (nSPS) is 13.3. The molecule has 1 N–H and O–H groups in total. The predicted molar refractivity (Wildman–Crippen MR) is 73.6 cm³/mol. The van der Waals surface area contributed by atoms with E-state index in [0.717, 1.165) is 16.9 Å². The topological polar surface area (TPSA) is 60.9 Å². The van der Waals surface area contributed by atoms with Crippen LogP contribution >= 0.6 is 0 Å². The van der Waals surface area contributed by atoms with E-state index < -0.39 is 5.97 Å². The highest BCUT2D eigenvalue weighted by atomic mass is 16.4. The molecule has 0 aliphatic carbocycles. The first-order valence-electron chi connectivity index (χ1n) is 6.00. The van der Waals surface area contributed by atoms with Crippen LogP contribution in [0.3, 0.4) is 0 Å². The molecule has 5 nitrogen and oxygen atoms in total. The van der Waals surface area contributed by atoms with Crippen LogP contribution in [0, 0.1) is 0 Å². The van der Waals surface area contributed by atoms with Gasteiger partial charge in [0.15, 0.2) is 0 Å². The minimum Gasteiger partial charge on any atom is -0.480 e. The first-order valence-corrected chi connectivity index (χ1v) is 6.00. The summed E-state index contributed by atoms with van der Waals surface area (Å²) in [7, 11) is 1.72. The summed E-state index contributed by atoms with van der Waals surface area (Å²) in [5, 5.41) is 8.78. The lowest BCUT2D eigenvalue weighted by atomic mass is 10.1. The summed E-state index contributed by atoms with van der Waals surface area (Å²) in [6, 6.07) is 5.56. The monoisotopic (exact) mass is 260 g/mol. The van der Waals surface area contributed by atoms with Crippen molar-refractivity contribution < 1.29 is 14.7 Å². The van der Waals surface area contributed by atoms with E-state index >= 15 is 0 Å². The number of benzene rings is 1. The number of carbonyl (C=O) groups excluding carboxylic acids is 1. The molecule has 100 valence electrons. The molecule has 0 spiro atoms. The van der Waals surface area contributed by atoms with Crippen LogP contribution in [0.5, 0.6) is 0 Å². The third-order valence-corrected chi connectivity index (χ3v) is 3.12. The highest BCUT2D eigenvalue weighted by Crippen LogP contribution is 2.31. The summed E-state index contributed by atoms with van der Waals surface area (Å²) < 4.78 is 0. The number of likely N-dealkylation sites (N-methyl/N-ethyl adjacent to an activating group) is 1. The van der Waals surface area contributed by atoms with Crippen molar-refractivity contribution in [3.63, 3.8) is 0 Å². The molecule has 0 atom stereocenters. The van der Waals surface area contributed by atoms with Gasteiger partial charge in [-0.3, -0.25) is 9.59 Å². The minimum atomic E-state index is -0.882. The van der Waals surface area contributed by atoms with E-state index in [9.17, 15) is 9.59 Å². The second-order valence-electron chi connectivity index (χ2n) is 4.53. The molecule has 1 aromatic rings. The Kier molecular flexibility index (Phi) is 3.55. The van der Waals surface area contributed by atoms with E-state index in [4.69, 9.17) is 5.11 Å². The average molecular weight is 260 g/mol. The Hall–Kier alpha value is -2.30. The molecular formula is C14H16N2O3. The van der Waals surface area contributed by atoms with Gasteiger partial charge in [0, 0.05) is 25.0 Å². The van der Waals surface area contributed by atoms with Crippen LogP contribution in [0.1, 0.15) is 5.56 Å². The lowest BCUT2D eigenvalue weighted by molar-refractivity contribution is -0.135. The number of anilines is 2. The van der Waals surface area contributed by atoms with Crippen LogP contribution < -0.4 is 9.80 Å². The zero-order valence-electron chi connectivity index (χ0n) is 10.8. The van der Waals surface area contributed by atoms with Crippen LogP contribution in [-0.2, 0) is 16.0 Å². The maximum atomic E-state index is 11.9. The molecular weight excluding hydrogens is 244 g/mol. The molecule has 0 unspecified atom stereocenters. The fourth-order valence-electron chi connectivity index (χ4n) is 2.23. The number of aliphatic carboxylic acids is 1. The lowest BCUT2D eigenvalue weighted by Crippen LogP contribution is -2.26. The molecule has 2 rings (SSSR count). The summed E-state index contributed by atoms with van der Waals surface area (Å²) in [5.41, 5.74) is 2.62. The standard InChI is InChI=1S/C14H16N2O3/c1-3-6-16-12-5-4-11(15(2)9-14(18)19)7-10(12)8-13(16)17/h3-5,7H,1,6,8-9H2,2H3,(H,18,19). The van der Waals surface area contributed by atoms with E-state index in [1.165, 1.54) is 0 Å². The Morgan fingerprint density at radius 1 is 1.58 bits per heavy atom. The van der Waals surface area contributed by atoms with Gasteiger partial charge in [0.25, 0.3) is 0 Å². The number of carbonyl (C=O) groups is 2. The quantitative estimate of drug-likeness (QED) is 0.810. The average Bonchev–Trinajstić information content (AvgIpc) is 2.65. The second kappa shape index (κ2) is 5.14. The molecule has 1 aliphatic rings. The third-order valence-electron chi connectivity index (χ3n) is 3.12. The Morgan fingerprint density at radius 3 is 2.95 bits per heavy atom. The van der Waals surface area contributed by atoms with E-state index in [0.29, 0.717) is 13.0 Å². The van der Waals surface area contributed by atoms with Crippen molar-refractivity contribution in [2.24, 2.45) is 0 Å². The molecule has 0 radical (unpaired) electrons. The minimum absolute atomic E-state index is 0.0490. The zero-order chi connectivity index (χ0) is 14.0. The van der Waals surface area contributed by atoms with Gasteiger partial charge in [-0.05, 0) is 23.8 Å². The van der Waals surface area contributed by atoms with E-state index in [1.54, 1.807) is 22.9 Å². The van der Waals surface area contributed by atoms with E-state index in [-0.39, 0.29) is 12.5 Å². The van der Waals surface area contributed by atoms with E-state index in [2.05, 4.69) is 6.58 Å². The zero-order valence-corrected chi connectivity index (χ0v) is 10.8. The van der Waals surface area contributed by atoms with Crippen molar-refractivity contribution >= 4 is 23.3 Å². The van der Waals surface area contributed by atoms with Crippen LogP contribution in [0.15, 0.2) is 30.9 Å². The molecule has 1 amide bonds. The summed E-state index contributed by atoms with van der Waals surface area (Å²) >= 11 is 0. The Balaban J connectivity index is 2.26. The molecule has 5 heteroatoms. The summed E-state index contributed by atoms with van der Waals surface area (Å²) in [6.07, 6.45) is 2.05. The van der Waals surface area contributed by atoms with Crippen molar-refractivity contribution in [2.75, 3.05) is 29.9 Å². The third kappa shape index (κ3) is 2.59. The molecule has 1 aliphatic heterocycles. The SMILES string of the molecule is C=CCN1C(=O)Cc2cc(N(C)CC(=O)O)ccc21. The molecule has 0 saturated carbocycles. The molecule has 19 heavy (non-hydrogen) atoms. The molecule has 0 saturated heterocycles. The van der Waals surface area contributed by atoms with Gasteiger partial charge >= 0.3 is 5.97 Å². The molecule has 0 fully saturated rings. The maximum Gasteiger partial charge on any atom is 0.323 e. The van der Waals surface area contributed by atoms with Crippen LogP contribution in [0.2, 0.25) is 0 Å². The molecule has 1 aromatic carbocycles. The van der Waals surface area contributed by atoms with Crippen LogP contribution in [-0.4, -0.2) is 37.1 Å². The smallest absolute Gasteiger partial charge is 0.323 e. The van der Waals surface area contributed by atoms with Crippen molar-refractivity contribution in [1.82, 2.24) is 0 Å². The molecule has 0 aromatic heterocycles. The largest absolute Gasteiger partial charge is 0.480 e. The number of carboxylic acid groups (broad SMARTS) is 1. The fraction of sp³-hybridized carbons (Fsp3) is 0.286. The number of hydrogen-bond acceptors (Lipinski definition) is 3. The van der Waals surface area contributed by atoms with Crippen molar-refractivity contribution in [1.29, 1.82) is 0 Å². The van der Waals surface area contributed by atoms with Crippen molar-refractivity contribution in [3.05, 3.63) is 36.4 Å². The Morgan fingerprint density at radius 2 is 2.32 bits per heavy atom. The van der Waals surface area contributed by atoms with Gasteiger partial charge in [0.2, 0.25) is 5.91 Å². The van der Waals surface area contributed by atoms with Gasteiger partial charge in [0.05, 0.1) is 6.42 Å². The lowest BCUT2D eigenvalue weighted by Gasteiger charge is -2.19. The summed E-state index contributed by atoms with van der Waals surface area (Å²) in [4.78, 5) is 25.9. The van der Waals surface area contributed by atoms with Crippen LogP contribution in [0.4, 0.5) is 11.4 Å². The Labute approximate surface area is 111 Å². The van der Waals surface area contributed by atoms with Gasteiger partial charge in [-0.15, -0.1) is 6.58 Å². The van der Waals surface area contributed by atoms with E-state index in [1.807, 2.05) is 18.2 Å². The maximum absolute atomic E-state index is 11.9. The number of nitrogens with zero attached hydrogens (tertiary/aromatic N) is 2. The highest BCUT2D eigenvalue weighted by molar-refractivity contribution is 6.02. The fourth-order valence-corrected chi connectivity index (χ4v) is 2.23. The second-order valence-corrected chi connectivity index (χ2v) is 4.53. The van der Waals surface area contributed by atoms with Gasteiger partial charge in [-0.25, -0.2) is 0 Å². The van der Waals surface area contributed by atoms with Gasteiger partial charge in [-0.2, -0.15) is 0 Å². The number of fused-ring (bicyclic) bond motifs is 1. The highest BCUT2D eigenvalue weighted by Gasteiger charge is 2.26. The first kappa shape index (κ1) is 13.1. The van der Waals surface area contributed by atoms with Crippen molar-refractivity contribution in [3.8, 4) is 0 Å². The first-order chi connectivity index (χ1) is 9.02. The molecule has 0 bridgehead atoms. The number of hydrogen-bond donors (Lipinski definition) is 1. The van der Waals surface area contributed by atoms with Crippen molar-refractivity contribution in [2.45, 2.75) is 6.42 Å². The number of rotatable bonds is 5. The predicted octanol–water partition coefficient (Wildman–Crippen LogP) is 1.28. The number of amides is 1. The molecule has 1 heterocycles. The number of carboxylic acids is 1. The van der Waals surface area contributed by atoms with Gasteiger partial charge in [-0.1, -0.05) is 6.08 Å².